The van der Waals surface area contributed by atoms with Crippen LogP contribution in [0.4, 0.5) is 11.5 Å². The van der Waals surface area contributed by atoms with Crippen LogP contribution in [0, 0.1) is 6.92 Å². The Hall–Kier alpha value is -2.10. The number of para-hydroxylation sites is 1. The molecule has 4 heteroatoms. The summed E-state index contributed by atoms with van der Waals surface area (Å²) in [5.74, 6) is 0.789. The molecule has 18 heavy (non-hydrogen) atoms. The number of benzene rings is 1. The van der Waals surface area contributed by atoms with Gasteiger partial charge in [-0.15, -0.1) is 0 Å². The minimum atomic E-state index is 0.752. The third-order valence-corrected chi connectivity index (χ3v) is 2.89. The third-order valence-electron chi connectivity index (χ3n) is 2.89. The summed E-state index contributed by atoms with van der Waals surface area (Å²) < 4.78 is 0. The first-order valence-electron chi connectivity index (χ1n) is 5.96. The molecule has 0 radical (unpaired) electrons. The number of hydrogen-bond donors (Lipinski definition) is 1. The molecule has 0 aliphatic carbocycles. The van der Waals surface area contributed by atoms with E-state index in [0.29, 0.717) is 0 Å². The van der Waals surface area contributed by atoms with Crippen molar-refractivity contribution in [2.24, 2.45) is 0 Å². The van der Waals surface area contributed by atoms with E-state index in [9.17, 15) is 0 Å². The number of aryl methyl sites for hydroxylation is 1. The number of aromatic nitrogens is 2. The summed E-state index contributed by atoms with van der Waals surface area (Å²) in [6, 6.07) is 8.33. The van der Waals surface area contributed by atoms with E-state index in [1.807, 2.05) is 13.1 Å². The zero-order chi connectivity index (χ0) is 13.0. The smallest absolute Gasteiger partial charge is 0.144 e. The number of nitrogens with one attached hydrogen (secondary N) is 1. The molecule has 1 N–H and O–H groups in total. The van der Waals surface area contributed by atoms with Crippen molar-refractivity contribution in [1.82, 2.24) is 9.97 Å². The molecule has 1 aromatic heterocycles. The SMILES string of the molecule is CNc1cnc(CN(C)c2ccccc2C)cn1. The molecular formula is C14H18N4. The molecule has 2 aromatic rings. The van der Waals surface area contributed by atoms with E-state index in [-0.39, 0.29) is 0 Å². The second-order valence-electron chi connectivity index (χ2n) is 4.29. The Morgan fingerprint density at radius 3 is 2.56 bits per heavy atom. The largest absolute Gasteiger partial charge is 0.372 e. The van der Waals surface area contributed by atoms with E-state index in [1.165, 1.54) is 11.3 Å². The second-order valence-corrected chi connectivity index (χ2v) is 4.29. The van der Waals surface area contributed by atoms with Crippen LogP contribution in [-0.2, 0) is 6.54 Å². The standard InChI is InChI=1S/C14H18N4/c1-11-6-4-5-7-13(11)18(3)10-12-8-17-14(15-2)9-16-12/h4-9H,10H2,1-3H3,(H,15,17). The van der Waals surface area contributed by atoms with Crippen molar-refractivity contribution in [3.05, 3.63) is 47.9 Å². The maximum Gasteiger partial charge on any atom is 0.144 e. The van der Waals surface area contributed by atoms with Crippen LogP contribution < -0.4 is 10.2 Å². The van der Waals surface area contributed by atoms with Crippen LogP contribution >= 0.6 is 0 Å². The van der Waals surface area contributed by atoms with Gasteiger partial charge in [-0.2, -0.15) is 0 Å². The summed E-state index contributed by atoms with van der Waals surface area (Å²) in [4.78, 5) is 10.8. The predicted octanol–water partition coefficient (Wildman–Crippen LogP) is 2.46. The summed E-state index contributed by atoms with van der Waals surface area (Å²) in [5, 5.41) is 2.96. The van der Waals surface area contributed by atoms with Crippen LogP contribution in [-0.4, -0.2) is 24.1 Å². The van der Waals surface area contributed by atoms with E-state index in [4.69, 9.17) is 0 Å². The van der Waals surface area contributed by atoms with Crippen LogP contribution in [0.1, 0.15) is 11.3 Å². The molecule has 4 nitrogen and oxygen atoms in total. The fourth-order valence-corrected chi connectivity index (χ4v) is 1.89. The van der Waals surface area contributed by atoms with E-state index in [1.54, 1.807) is 12.4 Å². The van der Waals surface area contributed by atoms with Crippen molar-refractivity contribution in [2.45, 2.75) is 13.5 Å². The zero-order valence-electron chi connectivity index (χ0n) is 11.0. The van der Waals surface area contributed by atoms with Crippen LogP contribution in [0.5, 0.6) is 0 Å². The van der Waals surface area contributed by atoms with Crippen molar-refractivity contribution in [3.63, 3.8) is 0 Å². The fraction of sp³-hybridized carbons (Fsp3) is 0.286. The van der Waals surface area contributed by atoms with E-state index in [2.05, 4.69) is 52.4 Å². The molecule has 1 heterocycles. The zero-order valence-corrected chi connectivity index (χ0v) is 11.0. The molecule has 0 fully saturated rings. The number of rotatable bonds is 4. The summed E-state index contributed by atoms with van der Waals surface area (Å²) in [7, 11) is 3.90. The monoisotopic (exact) mass is 242 g/mol. The van der Waals surface area contributed by atoms with Crippen molar-refractivity contribution in [2.75, 3.05) is 24.3 Å². The van der Waals surface area contributed by atoms with Gasteiger partial charge >= 0.3 is 0 Å². The molecule has 0 saturated carbocycles. The van der Waals surface area contributed by atoms with Crippen LogP contribution in [0.15, 0.2) is 36.7 Å². The third kappa shape index (κ3) is 2.77. The van der Waals surface area contributed by atoms with Gasteiger partial charge in [-0.1, -0.05) is 18.2 Å². The number of nitrogens with zero attached hydrogens (tertiary/aromatic N) is 3. The van der Waals surface area contributed by atoms with Gasteiger partial charge < -0.3 is 10.2 Å². The van der Waals surface area contributed by atoms with Crippen LogP contribution in [0.3, 0.4) is 0 Å². The minimum Gasteiger partial charge on any atom is -0.372 e. The highest BCUT2D eigenvalue weighted by molar-refractivity contribution is 5.52. The number of anilines is 2. The average molecular weight is 242 g/mol. The second kappa shape index (κ2) is 5.49. The van der Waals surface area contributed by atoms with Gasteiger partial charge in [-0.25, -0.2) is 4.98 Å². The summed E-state index contributed by atoms with van der Waals surface area (Å²) in [5.41, 5.74) is 3.44. The average Bonchev–Trinajstić information content (AvgIpc) is 2.40. The summed E-state index contributed by atoms with van der Waals surface area (Å²) in [6.07, 6.45) is 3.56. The normalized spacial score (nSPS) is 10.2. The summed E-state index contributed by atoms with van der Waals surface area (Å²) >= 11 is 0. The van der Waals surface area contributed by atoms with Crippen molar-refractivity contribution in [3.8, 4) is 0 Å². The quantitative estimate of drug-likeness (QED) is 0.894. The topological polar surface area (TPSA) is 41.1 Å². The Balaban J connectivity index is 2.11. The lowest BCUT2D eigenvalue weighted by molar-refractivity contribution is 0.870. The van der Waals surface area contributed by atoms with Crippen LogP contribution in [0.25, 0.3) is 0 Å². The van der Waals surface area contributed by atoms with Crippen molar-refractivity contribution < 1.29 is 0 Å². The van der Waals surface area contributed by atoms with E-state index >= 15 is 0 Å². The molecule has 0 amide bonds. The highest BCUT2D eigenvalue weighted by Crippen LogP contribution is 2.19. The molecule has 1 aromatic carbocycles. The van der Waals surface area contributed by atoms with Crippen LogP contribution in [0.2, 0.25) is 0 Å². The highest BCUT2D eigenvalue weighted by Gasteiger charge is 2.05. The number of hydrogen-bond acceptors (Lipinski definition) is 4. The van der Waals surface area contributed by atoms with E-state index in [0.717, 1.165) is 18.1 Å². The first-order valence-corrected chi connectivity index (χ1v) is 5.96. The molecule has 0 bridgehead atoms. The van der Waals surface area contributed by atoms with Gasteiger partial charge in [0.1, 0.15) is 5.82 Å². The highest BCUT2D eigenvalue weighted by atomic mass is 15.1. The lowest BCUT2D eigenvalue weighted by atomic mass is 10.2. The fourth-order valence-electron chi connectivity index (χ4n) is 1.89. The van der Waals surface area contributed by atoms with Gasteiger partial charge in [-0.05, 0) is 18.6 Å². The molecule has 0 unspecified atom stereocenters. The molecule has 0 aliphatic rings. The lowest BCUT2D eigenvalue weighted by Crippen LogP contribution is -2.18. The molecule has 0 spiro atoms. The maximum absolute atomic E-state index is 4.38. The lowest BCUT2D eigenvalue weighted by Gasteiger charge is -2.20. The Labute approximate surface area is 108 Å². The maximum atomic E-state index is 4.38. The minimum absolute atomic E-state index is 0.752. The van der Waals surface area contributed by atoms with Gasteiger partial charge in [-0.3, -0.25) is 4.98 Å². The van der Waals surface area contributed by atoms with Gasteiger partial charge in [0, 0.05) is 19.8 Å². The first-order chi connectivity index (χ1) is 8.70. The Morgan fingerprint density at radius 1 is 1.17 bits per heavy atom. The van der Waals surface area contributed by atoms with Crippen molar-refractivity contribution >= 4 is 11.5 Å². The van der Waals surface area contributed by atoms with Gasteiger partial charge in [0.2, 0.25) is 0 Å². The summed E-state index contributed by atoms with van der Waals surface area (Å²) in [6.45, 7) is 2.86. The first kappa shape index (κ1) is 12.4. The molecule has 0 saturated heterocycles. The van der Waals surface area contributed by atoms with Crippen molar-refractivity contribution in [1.29, 1.82) is 0 Å². The molecule has 0 atom stereocenters. The molecule has 94 valence electrons. The Bertz CT molecular complexity index is 507. The molecule has 0 aliphatic heterocycles. The Kier molecular flexibility index (Phi) is 3.77. The van der Waals surface area contributed by atoms with Gasteiger partial charge in [0.05, 0.1) is 24.6 Å². The Morgan fingerprint density at radius 2 is 1.94 bits per heavy atom. The molecular weight excluding hydrogens is 224 g/mol. The van der Waals surface area contributed by atoms with Gasteiger partial charge in [0.15, 0.2) is 0 Å². The van der Waals surface area contributed by atoms with E-state index < -0.39 is 0 Å². The van der Waals surface area contributed by atoms with Gasteiger partial charge in [0.25, 0.3) is 0 Å². The molecule has 2 rings (SSSR count). The predicted molar refractivity (Wildman–Crippen MR) is 74.9 cm³/mol.